The summed E-state index contributed by atoms with van der Waals surface area (Å²) in [5.41, 5.74) is 0.177. The minimum Gasteiger partial charge on any atom is -0.479 e. The van der Waals surface area contributed by atoms with Crippen molar-refractivity contribution >= 4 is 11.8 Å². The molecule has 20 heavy (non-hydrogen) atoms. The lowest BCUT2D eigenvalue weighted by molar-refractivity contribution is -0.143. The van der Waals surface area contributed by atoms with Crippen LogP contribution in [0.15, 0.2) is 6.07 Å². The van der Waals surface area contributed by atoms with E-state index in [0.717, 1.165) is 37.3 Å². The van der Waals surface area contributed by atoms with Crippen LogP contribution in [-0.4, -0.2) is 33.1 Å². The normalized spacial score (nSPS) is 22.2. The maximum Gasteiger partial charge on any atom is 0.329 e. The number of anilines is 1. The highest BCUT2D eigenvalue weighted by Crippen LogP contribution is 2.37. The molecule has 0 aliphatic carbocycles. The number of carbonyl (C=O) groups is 1. The Morgan fingerprint density at radius 3 is 2.80 bits per heavy atom. The summed E-state index contributed by atoms with van der Waals surface area (Å²) in [5, 5.41) is 9.74. The van der Waals surface area contributed by atoms with Gasteiger partial charge in [-0.25, -0.2) is 14.8 Å². The third kappa shape index (κ3) is 2.49. The van der Waals surface area contributed by atoms with Crippen LogP contribution < -0.4 is 4.90 Å². The van der Waals surface area contributed by atoms with Gasteiger partial charge in [0.2, 0.25) is 0 Å². The second kappa shape index (κ2) is 5.77. The Morgan fingerprint density at radius 2 is 2.20 bits per heavy atom. The SMILES string of the molecule is CCCC1(C(=O)O)CCCN1c1cc(CC)nc(C)n1. The van der Waals surface area contributed by atoms with E-state index in [4.69, 9.17) is 0 Å². The Labute approximate surface area is 120 Å². The summed E-state index contributed by atoms with van der Waals surface area (Å²) in [6.07, 6.45) is 3.94. The van der Waals surface area contributed by atoms with Gasteiger partial charge >= 0.3 is 5.97 Å². The molecule has 1 saturated heterocycles. The predicted octanol–water partition coefficient (Wildman–Crippen LogP) is 2.57. The second-order valence-electron chi connectivity index (χ2n) is 5.46. The molecule has 0 amide bonds. The van der Waals surface area contributed by atoms with Gasteiger partial charge in [-0.3, -0.25) is 0 Å². The third-order valence-corrected chi connectivity index (χ3v) is 4.07. The molecule has 0 spiro atoms. The lowest BCUT2D eigenvalue weighted by Gasteiger charge is -2.35. The van der Waals surface area contributed by atoms with Crippen molar-refractivity contribution in [1.29, 1.82) is 0 Å². The molecule has 110 valence electrons. The molecule has 2 rings (SSSR count). The maximum absolute atomic E-state index is 11.9. The van der Waals surface area contributed by atoms with Crippen LogP contribution in [0.4, 0.5) is 5.82 Å². The Bertz CT molecular complexity index is 504. The van der Waals surface area contributed by atoms with Crippen LogP contribution in [0.25, 0.3) is 0 Å². The molecule has 1 aliphatic rings. The van der Waals surface area contributed by atoms with Crippen LogP contribution in [0, 0.1) is 6.92 Å². The van der Waals surface area contributed by atoms with E-state index in [2.05, 4.69) is 9.97 Å². The molecule has 1 N–H and O–H groups in total. The van der Waals surface area contributed by atoms with Gasteiger partial charge in [0, 0.05) is 18.3 Å². The van der Waals surface area contributed by atoms with Crippen molar-refractivity contribution in [3.8, 4) is 0 Å². The van der Waals surface area contributed by atoms with Crippen molar-refractivity contribution in [1.82, 2.24) is 9.97 Å². The Hall–Kier alpha value is -1.65. The van der Waals surface area contributed by atoms with Gasteiger partial charge in [-0.1, -0.05) is 20.3 Å². The zero-order valence-electron chi connectivity index (χ0n) is 12.5. The summed E-state index contributed by atoms with van der Waals surface area (Å²) >= 11 is 0. The van der Waals surface area contributed by atoms with Crippen molar-refractivity contribution in [2.75, 3.05) is 11.4 Å². The van der Waals surface area contributed by atoms with E-state index in [1.54, 1.807) is 0 Å². The van der Waals surface area contributed by atoms with Gasteiger partial charge in [0.1, 0.15) is 17.2 Å². The van der Waals surface area contributed by atoms with Gasteiger partial charge in [0.05, 0.1) is 0 Å². The average Bonchev–Trinajstić information content (AvgIpc) is 2.83. The highest BCUT2D eigenvalue weighted by Gasteiger charge is 2.47. The number of aromatic nitrogens is 2. The van der Waals surface area contributed by atoms with E-state index < -0.39 is 11.5 Å². The van der Waals surface area contributed by atoms with E-state index in [0.29, 0.717) is 18.7 Å². The first kappa shape index (κ1) is 14.8. The van der Waals surface area contributed by atoms with Gasteiger partial charge in [0.15, 0.2) is 0 Å². The van der Waals surface area contributed by atoms with Crippen LogP contribution in [0.1, 0.15) is 51.0 Å². The van der Waals surface area contributed by atoms with Gasteiger partial charge in [0.25, 0.3) is 0 Å². The monoisotopic (exact) mass is 277 g/mol. The van der Waals surface area contributed by atoms with Crippen molar-refractivity contribution < 1.29 is 9.90 Å². The van der Waals surface area contributed by atoms with E-state index in [1.165, 1.54) is 0 Å². The van der Waals surface area contributed by atoms with Crippen molar-refractivity contribution in [3.05, 3.63) is 17.6 Å². The molecule has 0 radical (unpaired) electrons. The molecule has 2 heterocycles. The van der Waals surface area contributed by atoms with Crippen LogP contribution in [0.3, 0.4) is 0 Å². The standard InChI is InChI=1S/C15H23N3O2/c1-4-7-15(14(19)20)8-6-9-18(15)13-10-12(5-2)16-11(3)17-13/h10H,4-9H2,1-3H3,(H,19,20). The lowest BCUT2D eigenvalue weighted by atomic mass is 9.90. The quantitative estimate of drug-likeness (QED) is 0.896. The molecule has 1 unspecified atom stereocenters. The summed E-state index contributed by atoms with van der Waals surface area (Å²) in [7, 11) is 0. The third-order valence-electron chi connectivity index (χ3n) is 4.07. The summed E-state index contributed by atoms with van der Waals surface area (Å²) in [6, 6.07) is 1.94. The fourth-order valence-electron chi connectivity index (χ4n) is 3.15. The van der Waals surface area contributed by atoms with E-state index >= 15 is 0 Å². The number of nitrogens with zero attached hydrogens (tertiary/aromatic N) is 3. The molecule has 0 aromatic carbocycles. The van der Waals surface area contributed by atoms with Crippen molar-refractivity contribution in [2.45, 2.75) is 58.4 Å². The zero-order chi connectivity index (χ0) is 14.8. The van der Waals surface area contributed by atoms with Crippen LogP contribution in [-0.2, 0) is 11.2 Å². The van der Waals surface area contributed by atoms with Gasteiger partial charge in [-0.05, 0) is 32.6 Å². The van der Waals surface area contributed by atoms with Crippen molar-refractivity contribution in [3.63, 3.8) is 0 Å². The minimum absolute atomic E-state index is 0.660. The molecule has 0 saturated carbocycles. The zero-order valence-corrected chi connectivity index (χ0v) is 12.5. The van der Waals surface area contributed by atoms with Crippen molar-refractivity contribution in [2.24, 2.45) is 0 Å². The highest BCUT2D eigenvalue weighted by atomic mass is 16.4. The first-order valence-corrected chi connectivity index (χ1v) is 7.39. The second-order valence-corrected chi connectivity index (χ2v) is 5.46. The fourth-order valence-corrected chi connectivity index (χ4v) is 3.15. The topological polar surface area (TPSA) is 66.3 Å². The molecule has 1 aromatic rings. The smallest absolute Gasteiger partial charge is 0.329 e. The van der Waals surface area contributed by atoms with Crippen LogP contribution >= 0.6 is 0 Å². The van der Waals surface area contributed by atoms with E-state index in [1.807, 2.05) is 31.7 Å². The number of aryl methyl sites for hydroxylation is 2. The molecule has 1 aliphatic heterocycles. The minimum atomic E-state index is -0.791. The predicted molar refractivity (Wildman–Crippen MR) is 78.0 cm³/mol. The molecule has 5 nitrogen and oxygen atoms in total. The Morgan fingerprint density at radius 1 is 1.45 bits per heavy atom. The number of carboxylic acids is 1. The van der Waals surface area contributed by atoms with E-state index in [-0.39, 0.29) is 0 Å². The number of hydrogen-bond donors (Lipinski definition) is 1. The maximum atomic E-state index is 11.9. The molecule has 1 aromatic heterocycles. The molecule has 1 atom stereocenters. The number of hydrogen-bond acceptors (Lipinski definition) is 4. The summed E-state index contributed by atoms with van der Waals surface area (Å²) in [6.45, 7) is 6.70. The van der Waals surface area contributed by atoms with Gasteiger partial charge in [-0.15, -0.1) is 0 Å². The van der Waals surface area contributed by atoms with Gasteiger partial charge < -0.3 is 10.0 Å². The van der Waals surface area contributed by atoms with Gasteiger partial charge in [-0.2, -0.15) is 0 Å². The van der Waals surface area contributed by atoms with Crippen LogP contribution in [0.2, 0.25) is 0 Å². The molecule has 0 bridgehead atoms. The number of carboxylic acid groups (broad SMARTS) is 1. The average molecular weight is 277 g/mol. The Kier molecular flexibility index (Phi) is 4.26. The molecular weight excluding hydrogens is 254 g/mol. The lowest BCUT2D eigenvalue weighted by Crippen LogP contribution is -2.51. The molecule has 1 fully saturated rings. The fraction of sp³-hybridized carbons (Fsp3) is 0.667. The molecular formula is C15H23N3O2. The highest BCUT2D eigenvalue weighted by molar-refractivity contribution is 5.84. The summed E-state index contributed by atoms with van der Waals surface area (Å²) in [5.74, 6) is 0.746. The number of aliphatic carboxylic acids is 1. The number of rotatable bonds is 5. The van der Waals surface area contributed by atoms with Crippen LogP contribution in [0.5, 0.6) is 0 Å². The largest absolute Gasteiger partial charge is 0.479 e. The first-order valence-electron chi connectivity index (χ1n) is 7.39. The summed E-state index contributed by atoms with van der Waals surface area (Å²) in [4.78, 5) is 22.7. The van der Waals surface area contributed by atoms with E-state index in [9.17, 15) is 9.90 Å². The molecule has 5 heteroatoms. The first-order chi connectivity index (χ1) is 9.53. The Balaban J connectivity index is 2.44. The summed E-state index contributed by atoms with van der Waals surface area (Å²) < 4.78 is 0.